The van der Waals surface area contributed by atoms with Gasteiger partial charge in [-0.2, -0.15) is 0 Å². The van der Waals surface area contributed by atoms with Gasteiger partial charge in [-0.1, -0.05) is 32.9 Å². The second-order valence-corrected chi connectivity index (χ2v) is 5.45. The molecule has 2 atom stereocenters. The number of rotatable bonds is 8. The molecule has 94 valence electrons. The average molecular weight is 245 g/mol. The zero-order valence-electron chi connectivity index (χ0n) is 11.0. The number of hydrogen-bond acceptors (Lipinski definition) is 1. The summed E-state index contributed by atoms with van der Waals surface area (Å²) in [5.41, 5.74) is 1.05. The molecule has 1 nitrogen and oxygen atoms in total. The van der Waals surface area contributed by atoms with E-state index in [1.54, 1.807) is 0 Å². The lowest BCUT2D eigenvalue weighted by molar-refractivity contribution is 0.209. The lowest BCUT2D eigenvalue weighted by atomic mass is 10.0. The van der Waals surface area contributed by atoms with E-state index in [2.05, 4.69) is 33.4 Å². The predicted octanol–water partition coefficient (Wildman–Crippen LogP) is 4.77. The Hall–Kier alpha value is -0.430. The summed E-state index contributed by atoms with van der Waals surface area (Å²) in [6, 6.07) is 0. The van der Waals surface area contributed by atoms with E-state index < -0.39 is 0 Å². The Morgan fingerprint density at radius 2 is 1.94 bits per heavy atom. The molecule has 0 N–H and O–H groups in total. The Balaban J connectivity index is 3.65. The van der Waals surface area contributed by atoms with Crippen LogP contribution in [0.5, 0.6) is 0 Å². The summed E-state index contributed by atoms with van der Waals surface area (Å²) in [5.74, 6) is 1.09. The Bertz CT molecular complexity index is 221. The maximum atomic E-state index is 6.11. The molecule has 0 heterocycles. The average Bonchev–Trinajstić information content (AvgIpc) is 2.20. The summed E-state index contributed by atoms with van der Waals surface area (Å²) >= 11 is 6.11. The highest BCUT2D eigenvalue weighted by Gasteiger charge is 2.06. The van der Waals surface area contributed by atoms with Gasteiger partial charge in [-0.3, -0.25) is 0 Å². The minimum atomic E-state index is 0.104. The highest BCUT2D eigenvalue weighted by atomic mass is 35.5. The van der Waals surface area contributed by atoms with Crippen molar-refractivity contribution in [2.75, 3.05) is 6.61 Å². The number of ether oxygens (including phenoxy) is 1. The molecule has 0 bridgehead atoms. The van der Waals surface area contributed by atoms with Crippen molar-refractivity contribution in [2.24, 2.45) is 11.8 Å². The molecule has 0 rings (SSSR count). The standard InChI is InChI=1S/C14H25ClO/c1-11(2)10-16-9-8-13(5)6-7-14(15)12(3)4/h8-9,11,13-14H,3,6-7,10H2,1-2,4-5H3. The molecular formula is C14H25ClO. The lowest BCUT2D eigenvalue weighted by Crippen LogP contribution is -2.02. The molecule has 0 amide bonds. The van der Waals surface area contributed by atoms with Gasteiger partial charge in [-0.15, -0.1) is 11.6 Å². The number of alkyl halides is 1. The third-order valence-corrected chi connectivity index (χ3v) is 2.93. The Morgan fingerprint density at radius 1 is 1.31 bits per heavy atom. The first kappa shape index (κ1) is 15.6. The molecule has 0 spiro atoms. The van der Waals surface area contributed by atoms with E-state index in [0.717, 1.165) is 25.0 Å². The van der Waals surface area contributed by atoms with Crippen LogP contribution >= 0.6 is 11.6 Å². The molecule has 0 aliphatic carbocycles. The van der Waals surface area contributed by atoms with Gasteiger partial charge in [0.2, 0.25) is 0 Å². The smallest absolute Gasteiger partial charge is 0.0895 e. The highest BCUT2D eigenvalue weighted by molar-refractivity contribution is 6.22. The number of allylic oxidation sites excluding steroid dienone is 2. The summed E-state index contributed by atoms with van der Waals surface area (Å²) in [6.07, 6.45) is 5.97. The minimum absolute atomic E-state index is 0.104. The second-order valence-electron chi connectivity index (χ2n) is 4.92. The van der Waals surface area contributed by atoms with Crippen molar-refractivity contribution in [3.63, 3.8) is 0 Å². The van der Waals surface area contributed by atoms with Gasteiger partial charge in [-0.05, 0) is 37.7 Å². The fraction of sp³-hybridized carbons (Fsp3) is 0.714. The van der Waals surface area contributed by atoms with Crippen LogP contribution in [0.25, 0.3) is 0 Å². The van der Waals surface area contributed by atoms with Crippen molar-refractivity contribution >= 4 is 11.6 Å². The van der Waals surface area contributed by atoms with Gasteiger partial charge in [-0.25, -0.2) is 0 Å². The first-order valence-electron chi connectivity index (χ1n) is 6.01. The molecule has 0 aromatic heterocycles. The fourth-order valence-corrected chi connectivity index (χ4v) is 1.32. The predicted molar refractivity (Wildman–Crippen MR) is 72.8 cm³/mol. The van der Waals surface area contributed by atoms with E-state index in [9.17, 15) is 0 Å². The monoisotopic (exact) mass is 244 g/mol. The molecule has 0 aromatic rings. The van der Waals surface area contributed by atoms with Gasteiger partial charge in [0.1, 0.15) is 0 Å². The molecular weight excluding hydrogens is 220 g/mol. The van der Waals surface area contributed by atoms with E-state index in [1.165, 1.54) is 0 Å². The van der Waals surface area contributed by atoms with E-state index in [0.29, 0.717) is 11.8 Å². The molecule has 0 saturated heterocycles. The van der Waals surface area contributed by atoms with Crippen LogP contribution < -0.4 is 0 Å². The van der Waals surface area contributed by atoms with E-state index in [-0.39, 0.29) is 5.38 Å². The van der Waals surface area contributed by atoms with Gasteiger partial charge < -0.3 is 4.74 Å². The van der Waals surface area contributed by atoms with Crippen molar-refractivity contribution < 1.29 is 4.74 Å². The van der Waals surface area contributed by atoms with E-state index in [4.69, 9.17) is 16.3 Å². The van der Waals surface area contributed by atoms with Gasteiger partial charge in [0, 0.05) is 0 Å². The SMILES string of the molecule is C=C(C)C(Cl)CCC(C)C=COCC(C)C. The Kier molecular flexibility index (Phi) is 8.46. The summed E-state index contributed by atoms with van der Waals surface area (Å²) in [4.78, 5) is 0. The van der Waals surface area contributed by atoms with Crippen molar-refractivity contribution in [1.29, 1.82) is 0 Å². The maximum Gasteiger partial charge on any atom is 0.0895 e. The second kappa shape index (κ2) is 8.69. The molecule has 16 heavy (non-hydrogen) atoms. The van der Waals surface area contributed by atoms with Gasteiger partial charge in [0.05, 0.1) is 18.2 Å². The van der Waals surface area contributed by atoms with Crippen LogP contribution in [0.1, 0.15) is 40.5 Å². The summed E-state index contributed by atoms with van der Waals surface area (Å²) < 4.78 is 5.39. The number of hydrogen-bond donors (Lipinski definition) is 0. The van der Waals surface area contributed by atoms with Gasteiger partial charge in [0.15, 0.2) is 0 Å². The normalized spacial score (nSPS) is 15.4. The van der Waals surface area contributed by atoms with Crippen LogP contribution in [-0.4, -0.2) is 12.0 Å². The Morgan fingerprint density at radius 3 is 2.44 bits per heavy atom. The number of halogens is 1. The molecule has 0 aliphatic rings. The topological polar surface area (TPSA) is 9.23 Å². The van der Waals surface area contributed by atoms with Crippen LogP contribution in [-0.2, 0) is 4.74 Å². The third kappa shape index (κ3) is 8.84. The van der Waals surface area contributed by atoms with E-state index in [1.807, 2.05) is 13.2 Å². The molecule has 0 radical (unpaired) electrons. The maximum absolute atomic E-state index is 6.11. The van der Waals surface area contributed by atoms with Crippen LogP contribution in [0.15, 0.2) is 24.5 Å². The first-order chi connectivity index (χ1) is 7.43. The van der Waals surface area contributed by atoms with Crippen LogP contribution in [0.3, 0.4) is 0 Å². The fourth-order valence-electron chi connectivity index (χ4n) is 1.19. The molecule has 2 heteroatoms. The molecule has 0 aliphatic heterocycles. The lowest BCUT2D eigenvalue weighted by Gasteiger charge is -2.11. The summed E-state index contributed by atoms with van der Waals surface area (Å²) in [5, 5.41) is 0.104. The highest BCUT2D eigenvalue weighted by Crippen LogP contribution is 2.17. The van der Waals surface area contributed by atoms with Gasteiger partial charge in [0.25, 0.3) is 0 Å². The summed E-state index contributed by atoms with van der Waals surface area (Å²) in [7, 11) is 0. The molecule has 2 unspecified atom stereocenters. The molecule has 0 fully saturated rings. The Labute approximate surface area is 106 Å². The quantitative estimate of drug-likeness (QED) is 0.339. The summed E-state index contributed by atoms with van der Waals surface area (Å²) in [6.45, 7) is 13.1. The van der Waals surface area contributed by atoms with E-state index >= 15 is 0 Å². The van der Waals surface area contributed by atoms with Gasteiger partial charge >= 0.3 is 0 Å². The zero-order valence-corrected chi connectivity index (χ0v) is 11.8. The molecule has 0 aromatic carbocycles. The van der Waals surface area contributed by atoms with Crippen molar-refractivity contribution in [3.8, 4) is 0 Å². The van der Waals surface area contributed by atoms with Crippen LogP contribution in [0, 0.1) is 11.8 Å². The largest absolute Gasteiger partial charge is 0.501 e. The minimum Gasteiger partial charge on any atom is -0.501 e. The van der Waals surface area contributed by atoms with Crippen molar-refractivity contribution in [3.05, 3.63) is 24.5 Å². The first-order valence-corrected chi connectivity index (χ1v) is 6.44. The third-order valence-electron chi connectivity index (χ3n) is 2.34. The van der Waals surface area contributed by atoms with Crippen molar-refractivity contribution in [1.82, 2.24) is 0 Å². The molecule has 0 saturated carbocycles. The van der Waals surface area contributed by atoms with Crippen LogP contribution in [0.4, 0.5) is 0 Å². The van der Waals surface area contributed by atoms with Crippen LogP contribution in [0.2, 0.25) is 0 Å². The zero-order chi connectivity index (χ0) is 12.6. The van der Waals surface area contributed by atoms with Crippen molar-refractivity contribution in [2.45, 2.75) is 45.9 Å².